The van der Waals surface area contributed by atoms with Crippen LogP contribution in [0, 0.1) is 17.8 Å². The largest absolute Gasteiger partial charge is 0.0998 e. The maximum Gasteiger partial charge on any atom is -0.0129 e. The van der Waals surface area contributed by atoms with Crippen LogP contribution in [0.15, 0.2) is 24.3 Å². The predicted octanol–water partition coefficient (Wildman–Crippen LogP) is 3.80. The van der Waals surface area contributed by atoms with Crippen molar-refractivity contribution in [3.8, 4) is 0 Å². The normalized spacial score (nSPS) is 20.8. The van der Waals surface area contributed by atoms with Crippen LogP contribution in [-0.2, 0) is 0 Å². The molecule has 0 spiro atoms. The molecular weight excluding hydrogens is 144 g/mol. The first-order chi connectivity index (χ1) is 5.52. The summed E-state index contributed by atoms with van der Waals surface area (Å²) in [6, 6.07) is 0. The molecule has 0 heterocycles. The van der Waals surface area contributed by atoms with Gasteiger partial charge in [-0.3, -0.25) is 0 Å². The Bertz CT molecular complexity index is 190. The Hall–Kier alpha value is -0.520. The highest BCUT2D eigenvalue weighted by atomic mass is 14.3. The molecule has 0 bridgehead atoms. The summed E-state index contributed by atoms with van der Waals surface area (Å²) in [5.74, 6) is 2.14. The van der Waals surface area contributed by atoms with Crippen molar-refractivity contribution in [3.05, 3.63) is 24.3 Å². The molecule has 1 aliphatic carbocycles. The summed E-state index contributed by atoms with van der Waals surface area (Å²) in [6.07, 6.45) is 2.38. The molecule has 0 aliphatic heterocycles. The summed E-state index contributed by atoms with van der Waals surface area (Å²) in [5.41, 5.74) is 2.84. The monoisotopic (exact) mass is 164 g/mol. The van der Waals surface area contributed by atoms with Gasteiger partial charge in [0.05, 0.1) is 0 Å². The van der Waals surface area contributed by atoms with Crippen LogP contribution in [-0.4, -0.2) is 0 Å². The van der Waals surface area contributed by atoms with Crippen molar-refractivity contribution in [2.24, 2.45) is 17.8 Å². The Morgan fingerprint density at radius 2 is 1.83 bits per heavy atom. The van der Waals surface area contributed by atoms with Gasteiger partial charge in [0.25, 0.3) is 0 Å². The van der Waals surface area contributed by atoms with E-state index in [0.29, 0.717) is 5.92 Å². The molecule has 0 N–H and O–H groups in total. The Morgan fingerprint density at radius 1 is 1.33 bits per heavy atom. The van der Waals surface area contributed by atoms with Crippen LogP contribution >= 0.6 is 0 Å². The molecule has 0 aromatic carbocycles. The smallest absolute Gasteiger partial charge is 0.0129 e. The van der Waals surface area contributed by atoms with Gasteiger partial charge in [0.1, 0.15) is 0 Å². The summed E-state index contributed by atoms with van der Waals surface area (Å²) in [4.78, 5) is 0. The number of hydrogen-bond acceptors (Lipinski definition) is 0. The third-order valence-electron chi connectivity index (χ3n) is 3.18. The van der Waals surface area contributed by atoms with E-state index in [-0.39, 0.29) is 0 Å². The molecule has 1 fully saturated rings. The maximum absolute atomic E-state index is 4.19. The van der Waals surface area contributed by atoms with Crippen LogP contribution in [0.5, 0.6) is 0 Å². The lowest BCUT2D eigenvalue weighted by molar-refractivity contribution is 0.383. The van der Waals surface area contributed by atoms with Gasteiger partial charge in [0.15, 0.2) is 0 Å². The second-order valence-corrected chi connectivity index (χ2v) is 4.46. The summed E-state index contributed by atoms with van der Waals surface area (Å²) in [5, 5.41) is 0. The molecule has 1 unspecified atom stereocenters. The Labute approximate surface area is 76.4 Å². The topological polar surface area (TPSA) is 0 Å². The lowest BCUT2D eigenvalue weighted by Gasteiger charge is -2.34. The molecule has 0 heteroatoms. The number of rotatable bonds is 3. The second-order valence-electron chi connectivity index (χ2n) is 4.46. The number of allylic oxidation sites excluding steroid dienone is 2. The van der Waals surface area contributed by atoms with Gasteiger partial charge in [0.2, 0.25) is 0 Å². The van der Waals surface area contributed by atoms with Crippen LogP contribution in [0.3, 0.4) is 0 Å². The third-order valence-corrected chi connectivity index (χ3v) is 3.18. The molecule has 68 valence electrons. The highest BCUT2D eigenvalue weighted by Crippen LogP contribution is 2.40. The molecule has 0 radical (unpaired) electrons. The fourth-order valence-electron chi connectivity index (χ4n) is 1.70. The van der Waals surface area contributed by atoms with Gasteiger partial charge in [-0.1, -0.05) is 45.1 Å². The first-order valence-corrected chi connectivity index (χ1v) is 4.87. The molecule has 0 amide bonds. The van der Waals surface area contributed by atoms with E-state index >= 15 is 0 Å². The molecule has 0 aromatic rings. The van der Waals surface area contributed by atoms with Crippen molar-refractivity contribution in [2.45, 2.75) is 33.6 Å². The predicted molar refractivity (Wildman–Crippen MR) is 55.0 cm³/mol. The first kappa shape index (κ1) is 9.57. The minimum atomic E-state index is 0.670. The van der Waals surface area contributed by atoms with E-state index in [0.717, 1.165) is 11.8 Å². The minimum absolute atomic E-state index is 0.670. The molecule has 0 nitrogen and oxygen atoms in total. The van der Waals surface area contributed by atoms with Crippen molar-refractivity contribution < 1.29 is 0 Å². The van der Waals surface area contributed by atoms with Crippen LogP contribution in [0.25, 0.3) is 0 Å². The van der Waals surface area contributed by atoms with Gasteiger partial charge >= 0.3 is 0 Å². The average Bonchev–Trinajstić information content (AvgIpc) is 1.95. The standard InChI is InChI=1S/C12H20/c1-8(2)10(4)11(5)12-6-9(3)7-12/h8,10,12H,3,5-7H2,1-2,4H3. The molecular formula is C12H20. The van der Waals surface area contributed by atoms with E-state index in [2.05, 4.69) is 33.9 Å². The summed E-state index contributed by atoms with van der Waals surface area (Å²) in [6.45, 7) is 15.0. The highest BCUT2D eigenvalue weighted by Gasteiger charge is 2.27. The van der Waals surface area contributed by atoms with Crippen molar-refractivity contribution in [3.63, 3.8) is 0 Å². The van der Waals surface area contributed by atoms with Gasteiger partial charge < -0.3 is 0 Å². The first-order valence-electron chi connectivity index (χ1n) is 4.87. The quantitative estimate of drug-likeness (QED) is 0.556. The average molecular weight is 164 g/mol. The SMILES string of the molecule is C=C1CC(C(=C)C(C)C(C)C)C1. The fraction of sp³-hybridized carbons (Fsp3) is 0.667. The van der Waals surface area contributed by atoms with E-state index < -0.39 is 0 Å². The Kier molecular flexibility index (Phi) is 2.76. The third kappa shape index (κ3) is 1.80. The maximum atomic E-state index is 4.19. The van der Waals surface area contributed by atoms with Crippen LogP contribution in [0.2, 0.25) is 0 Å². The van der Waals surface area contributed by atoms with E-state index in [1.165, 1.54) is 24.0 Å². The molecule has 1 atom stereocenters. The summed E-state index contributed by atoms with van der Waals surface area (Å²) in [7, 11) is 0. The van der Waals surface area contributed by atoms with Gasteiger partial charge in [-0.15, -0.1) is 0 Å². The zero-order valence-corrected chi connectivity index (χ0v) is 8.56. The van der Waals surface area contributed by atoms with E-state index in [1.54, 1.807) is 0 Å². The van der Waals surface area contributed by atoms with Gasteiger partial charge in [0, 0.05) is 0 Å². The fourth-order valence-corrected chi connectivity index (χ4v) is 1.70. The Balaban J connectivity index is 2.43. The van der Waals surface area contributed by atoms with Crippen LogP contribution < -0.4 is 0 Å². The van der Waals surface area contributed by atoms with Gasteiger partial charge in [-0.2, -0.15) is 0 Å². The summed E-state index contributed by atoms with van der Waals surface area (Å²) >= 11 is 0. The second kappa shape index (κ2) is 3.47. The lowest BCUT2D eigenvalue weighted by atomic mass is 9.71. The highest BCUT2D eigenvalue weighted by molar-refractivity contribution is 5.20. The van der Waals surface area contributed by atoms with Crippen molar-refractivity contribution in [1.82, 2.24) is 0 Å². The lowest BCUT2D eigenvalue weighted by Crippen LogP contribution is -2.21. The minimum Gasteiger partial charge on any atom is -0.0998 e. The molecule has 1 aliphatic rings. The zero-order chi connectivity index (χ0) is 9.30. The van der Waals surface area contributed by atoms with Gasteiger partial charge in [-0.25, -0.2) is 0 Å². The van der Waals surface area contributed by atoms with E-state index in [4.69, 9.17) is 0 Å². The van der Waals surface area contributed by atoms with Crippen molar-refractivity contribution in [2.75, 3.05) is 0 Å². The van der Waals surface area contributed by atoms with Crippen molar-refractivity contribution >= 4 is 0 Å². The van der Waals surface area contributed by atoms with Gasteiger partial charge in [-0.05, 0) is 30.6 Å². The number of hydrogen-bond donors (Lipinski definition) is 0. The van der Waals surface area contributed by atoms with Crippen LogP contribution in [0.4, 0.5) is 0 Å². The Morgan fingerprint density at radius 3 is 2.17 bits per heavy atom. The zero-order valence-electron chi connectivity index (χ0n) is 8.56. The summed E-state index contributed by atoms with van der Waals surface area (Å²) < 4.78 is 0. The molecule has 1 rings (SSSR count). The van der Waals surface area contributed by atoms with Crippen molar-refractivity contribution in [1.29, 1.82) is 0 Å². The van der Waals surface area contributed by atoms with E-state index in [1.807, 2.05) is 0 Å². The van der Waals surface area contributed by atoms with Crippen LogP contribution in [0.1, 0.15) is 33.6 Å². The molecule has 0 aromatic heterocycles. The molecule has 0 saturated heterocycles. The van der Waals surface area contributed by atoms with E-state index in [9.17, 15) is 0 Å². The molecule has 1 saturated carbocycles. The molecule has 12 heavy (non-hydrogen) atoms.